The van der Waals surface area contributed by atoms with Crippen molar-refractivity contribution >= 4 is 35.5 Å². The quantitative estimate of drug-likeness (QED) is 0.329. The average molecular weight is 457 g/mol. The Bertz CT molecular complexity index is 953. The van der Waals surface area contributed by atoms with E-state index in [1.165, 1.54) is 6.08 Å². The molecule has 2 amide bonds. The van der Waals surface area contributed by atoms with Crippen molar-refractivity contribution in [1.29, 1.82) is 0 Å². The van der Waals surface area contributed by atoms with Crippen molar-refractivity contribution in [2.24, 2.45) is 0 Å². The van der Waals surface area contributed by atoms with Gasteiger partial charge in [0.2, 0.25) is 0 Å². The Labute approximate surface area is 193 Å². The maximum absolute atomic E-state index is 13.0. The van der Waals surface area contributed by atoms with Crippen LogP contribution in [0.3, 0.4) is 0 Å². The standard InChI is InChI=1S/C25H29ClN2O4/c1-3-4-5-6-7-21(25(31)32)27-24(30)22(16-18-10-14-20(26)15-11-18)28-23(29)19-12-8-17(2)9-13-19/h8-16,21H,3-7H2,1-2H3,(H,27,30)(H,28,29)(H,31,32)/b22-16+. The number of carboxylic acids is 1. The van der Waals surface area contributed by atoms with Gasteiger partial charge in [-0.2, -0.15) is 0 Å². The summed E-state index contributed by atoms with van der Waals surface area (Å²) >= 11 is 5.93. The highest BCUT2D eigenvalue weighted by molar-refractivity contribution is 6.30. The predicted octanol–water partition coefficient (Wildman–Crippen LogP) is 4.96. The number of halogens is 1. The molecule has 0 aliphatic rings. The van der Waals surface area contributed by atoms with Gasteiger partial charge in [0.25, 0.3) is 11.8 Å². The number of unbranched alkanes of at least 4 members (excludes halogenated alkanes) is 3. The molecule has 2 aromatic rings. The molecular formula is C25H29ClN2O4. The molecule has 170 valence electrons. The summed E-state index contributed by atoms with van der Waals surface area (Å²) in [6.45, 7) is 3.98. The number of nitrogens with one attached hydrogen (secondary N) is 2. The summed E-state index contributed by atoms with van der Waals surface area (Å²) in [5.41, 5.74) is 1.99. The Morgan fingerprint density at radius 1 is 1.00 bits per heavy atom. The monoisotopic (exact) mass is 456 g/mol. The van der Waals surface area contributed by atoms with Crippen LogP contribution in [0.5, 0.6) is 0 Å². The number of benzene rings is 2. The lowest BCUT2D eigenvalue weighted by Gasteiger charge is -2.17. The number of carboxylic acid groups (broad SMARTS) is 1. The Morgan fingerprint density at radius 2 is 1.66 bits per heavy atom. The van der Waals surface area contributed by atoms with Crippen LogP contribution in [0.1, 0.15) is 60.5 Å². The lowest BCUT2D eigenvalue weighted by molar-refractivity contribution is -0.141. The van der Waals surface area contributed by atoms with Crippen LogP contribution in [-0.4, -0.2) is 28.9 Å². The second-order valence-corrected chi connectivity index (χ2v) is 8.08. The van der Waals surface area contributed by atoms with Crippen LogP contribution < -0.4 is 10.6 Å². The molecule has 3 N–H and O–H groups in total. The maximum atomic E-state index is 13.0. The second kappa shape index (κ2) is 12.7. The summed E-state index contributed by atoms with van der Waals surface area (Å²) in [6, 6.07) is 12.6. The number of carbonyl (C=O) groups is 3. The van der Waals surface area contributed by atoms with Crippen molar-refractivity contribution < 1.29 is 19.5 Å². The van der Waals surface area contributed by atoms with Crippen molar-refractivity contribution in [3.05, 3.63) is 75.9 Å². The largest absolute Gasteiger partial charge is 0.480 e. The van der Waals surface area contributed by atoms with E-state index in [1.54, 1.807) is 48.5 Å². The molecule has 0 aliphatic carbocycles. The van der Waals surface area contributed by atoms with E-state index in [1.807, 2.05) is 6.92 Å². The van der Waals surface area contributed by atoms with E-state index >= 15 is 0 Å². The fourth-order valence-corrected chi connectivity index (χ4v) is 3.18. The summed E-state index contributed by atoms with van der Waals surface area (Å²) < 4.78 is 0. The van der Waals surface area contributed by atoms with Crippen LogP contribution in [0.4, 0.5) is 0 Å². The number of rotatable bonds is 11. The first-order chi connectivity index (χ1) is 15.3. The Morgan fingerprint density at radius 3 is 2.25 bits per heavy atom. The lowest BCUT2D eigenvalue weighted by Crippen LogP contribution is -2.44. The van der Waals surface area contributed by atoms with Crippen LogP contribution >= 0.6 is 11.6 Å². The molecule has 2 aromatic carbocycles. The van der Waals surface area contributed by atoms with Gasteiger partial charge in [-0.3, -0.25) is 9.59 Å². The van der Waals surface area contributed by atoms with E-state index in [4.69, 9.17) is 11.6 Å². The summed E-state index contributed by atoms with van der Waals surface area (Å²) in [4.78, 5) is 37.3. The molecule has 0 saturated heterocycles. The molecule has 2 rings (SSSR count). The van der Waals surface area contributed by atoms with Gasteiger partial charge in [0, 0.05) is 10.6 Å². The zero-order valence-corrected chi connectivity index (χ0v) is 19.1. The first-order valence-electron chi connectivity index (χ1n) is 10.7. The minimum absolute atomic E-state index is 0.0438. The molecule has 0 fully saturated rings. The molecule has 0 heterocycles. The third-order valence-corrected chi connectivity index (χ3v) is 5.19. The van der Waals surface area contributed by atoms with Crippen molar-refractivity contribution in [3.8, 4) is 0 Å². The van der Waals surface area contributed by atoms with Crippen LogP contribution in [-0.2, 0) is 9.59 Å². The van der Waals surface area contributed by atoms with Crippen LogP contribution in [0.2, 0.25) is 5.02 Å². The molecule has 0 spiro atoms. The van der Waals surface area contributed by atoms with E-state index in [9.17, 15) is 19.5 Å². The molecule has 0 aliphatic heterocycles. The smallest absolute Gasteiger partial charge is 0.326 e. The Hall–Kier alpha value is -3.12. The normalized spacial score (nSPS) is 12.2. The number of hydrogen-bond donors (Lipinski definition) is 3. The number of hydrogen-bond acceptors (Lipinski definition) is 3. The molecule has 1 unspecified atom stereocenters. The van der Waals surface area contributed by atoms with Gasteiger partial charge in [-0.05, 0) is 49.2 Å². The van der Waals surface area contributed by atoms with Gasteiger partial charge in [0.1, 0.15) is 11.7 Å². The fourth-order valence-electron chi connectivity index (χ4n) is 3.05. The Balaban J connectivity index is 2.22. The topological polar surface area (TPSA) is 95.5 Å². The highest BCUT2D eigenvalue weighted by atomic mass is 35.5. The molecule has 32 heavy (non-hydrogen) atoms. The van der Waals surface area contributed by atoms with Gasteiger partial charge in [-0.1, -0.05) is 74.0 Å². The summed E-state index contributed by atoms with van der Waals surface area (Å²) in [5, 5.41) is 15.2. The van der Waals surface area contributed by atoms with Gasteiger partial charge in [-0.25, -0.2) is 4.79 Å². The Kier molecular flexibility index (Phi) is 9.95. The molecule has 0 bridgehead atoms. The molecule has 1 atom stereocenters. The zero-order valence-electron chi connectivity index (χ0n) is 18.4. The third kappa shape index (κ3) is 8.19. The van der Waals surface area contributed by atoms with Crippen LogP contribution in [0, 0.1) is 6.92 Å². The van der Waals surface area contributed by atoms with Crippen LogP contribution in [0.25, 0.3) is 6.08 Å². The third-order valence-electron chi connectivity index (χ3n) is 4.94. The van der Waals surface area contributed by atoms with E-state index in [0.717, 1.165) is 24.8 Å². The minimum Gasteiger partial charge on any atom is -0.480 e. The van der Waals surface area contributed by atoms with Gasteiger partial charge < -0.3 is 15.7 Å². The van der Waals surface area contributed by atoms with E-state index in [-0.39, 0.29) is 5.70 Å². The highest BCUT2D eigenvalue weighted by Gasteiger charge is 2.23. The molecule has 0 radical (unpaired) electrons. The van der Waals surface area contributed by atoms with Gasteiger partial charge in [-0.15, -0.1) is 0 Å². The van der Waals surface area contributed by atoms with Crippen molar-refractivity contribution in [3.63, 3.8) is 0 Å². The zero-order chi connectivity index (χ0) is 23.5. The predicted molar refractivity (Wildman–Crippen MR) is 126 cm³/mol. The van der Waals surface area contributed by atoms with E-state index in [2.05, 4.69) is 17.6 Å². The molecule has 0 saturated carbocycles. The SMILES string of the molecule is CCCCCCC(NC(=O)/C(=C\c1ccc(Cl)cc1)NC(=O)c1ccc(C)cc1)C(=O)O. The van der Waals surface area contributed by atoms with Crippen molar-refractivity contribution in [2.75, 3.05) is 0 Å². The summed E-state index contributed by atoms with van der Waals surface area (Å²) in [6.07, 6.45) is 5.44. The number of amides is 2. The molecular weight excluding hydrogens is 428 g/mol. The van der Waals surface area contributed by atoms with Crippen LogP contribution in [0.15, 0.2) is 54.2 Å². The van der Waals surface area contributed by atoms with E-state index in [0.29, 0.717) is 29.0 Å². The van der Waals surface area contributed by atoms with Gasteiger partial charge in [0.05, 0.1) is 0 Å². The fraction of sp³-hybridized carbons (Fsp3) is 0.320. The molecule has 7 heteroatoms. The average Bonchev–Trinajstić information content (AvgIpc) is 2.77. The first kappa shape index (κ1) is 25.1. The van der Waals surface area contributed by atoms with Crippen molar-refractivity contribution in [1.82, 2.24) is 10.6 Å². The number of carbonyl (C=O) groups excluding carboxylic acids is 2. The van der Waals surface area contributed by atoms with Crippen molar-refractivity contribution in [2.45, 2.75) is 52.0 Å². The lowest BCUT2D eigenvalue weighted by atomic mass is 10.1. The highest BCUT2D eigenvalue weighted by Crippen LogP contribution is 2.13. The van der Waals surface area contributed by atoms with E-state index < -0.39 is 23.8 Å². The van der Waals surface area contributed by atoms with Gasteiger partial charge >= 0.3 is 5.97 Å². The first-order valence-corrected chi connectivity index (χ1v) is 11.1. The summed E-state index contributed by atoms with van der Waals surface area (Å²) in [7, 11) is 0. The number of aryl methyl sites for hydroxylation is 1. The molecule has 6 nitrogen and oxygen atoms in total. The molecule has 0 aromatic heterocycles. The minimum atomic E-state index is -1.11. The van der Waals surface area contributed by atoms with Gasteiger partial charge in [0.15, 0.2) is 0 Å². The number of aliphatic carboxylic acids is 1. The second-order valence-electron chi connectivity index (χ2n) is 7.64. The summed E-state index contributed by atoms with van der Waals surface area (Å²) in [5.74, 6) is -2.23. The maximum Gasteiger partial charge on any atom is 0.326 e.